The Morgan fingerprint density at radius 2 is 1.82 bits per heavy atom. The standard InChI is InChI=1S/C23H19F3N6O2/c1-33-22-18(19(14-6-7-14)29-12-30-22)21-27-9-8-17(32-21)34-11-13-2-4-15(5-3-13)20-28-10-16(31-20)23(24,25)26/h2-5,8-10,12,14H,6-7,11H2,1H3,(H,28,31). The summed E-state index contributed by atoms with van der Waals surface area (Å²) in [4.78, 5) is 23.6. The molecule has 0 unspecified atom stereocenters. The molecule has 0 aliphatic heterocycles. The van der Waals surface area contributed by atoms with Gasteiger partial charge in [-0.2, -0.15) is 18.2 Å². The minimum atomic E-state index is -4.47. The topological polar surface area (TPSA) is 98.7 Å². The molecule has 1 aromatic carbocycles. The van der Waals surface area contributed by atoms with Gasteiger partial charge in [-0.1, -0.05) is 24.3 Å². The summed E-state index contributed by atoms with van der Waals surface area (Å²) < 4.78 is 49.6. The van der Waals surface area contributed by atoms with E-state index in [-0.39, 0.29) is 12.4 Å². The van der Waals surface area contributed by atoms with Crippen LogP contribution < -0.4 is 9.47 Å². The van der Waals surface area contributed by atoms with Gasteiger partial charge in [-0.05, 0) is 18.4 Å². The predicted octanol–water partition coefficient (Wildman–Crippen LogP) is 4.81. The van der Waals surface area contributed by atoms with Gasteiger partial charge in [0.25, 0.3) is 0 Å². The maximum Gasteiger partial charge on any atom is 0.432 e. The Bertz CT molecular complexity index is 1300. The molecule has 0 amide bonds. The van der Waals surface area contributed by atoms with Crippen molar-refractivity contribution in [2.75, 3.05) is 7.11 Å². The number of benzene rings is 1. The number of alkyl halides is 3. The van der Waals surface area contributed by atoms with Crippen molar-refractivity contribution in [3.05, 3.63) is 66.0 Å². The second-order valence-electron chi connectivity index (χ2n) is 7.76. The van der Waals surface area contributed by atoms with Crippen LogP contribution in [-0.2, 0) is 12.8 Å². The summed E-state index contributed by atoms with van der Waals surface area (Å²) in [5.74, 6) is 1.69. The quantitative estimate of drug-likeness (QED) is 0.416. The van der Waals surface area contributed by atoms with Gasteiger partial charge in [0.15, 0.2) is 5.82 Å². The van der Waals surface area contributed by atoms with Crippen molar-refractivity contribution in [2.45, 2.75) is 31.5 Å². The normalized spacial score (nSPS) is 13.6. The third-order valence-corrected chi connectivity index (χ3v) is 5.35. The highest BCUT2D eigenvalue weighted by Gasteiger charge is 2.33. The summed E-state index contributed by atoms with van der Waals surface area (Å²) in [6, 6.07) is 8.51. The number of nitrogens with one attached hydrogen (secondary N) is 1. The summed E-state index contributed by atoms with van der Waals surface area (Å²) in [5.41, 5.74) is 1.99. The van der Waals surface area contributed by atoms with Crippen LogP contribution in [0.5, 0.6) is 11.8 Å². The van der Waals surface area contributed by atoms with Gasteiger partial charge < -0.3 is 14.5 Å². The molecule has 0 bridgehead atoms. The lowest BCUT2D eigenvalue weighted by molar-refractivity contribution is -0.140. The molecular formula is C23H19F3N6O2. The zero-order chi connectivity index (χ0) is 23.7. The summed E-state index contributed by atoms with van der Waals surface area (Å²) in [7, 11) is 1.54. The monoisotopic (exact) mass is 468 g/mol. The number of hydrogen-bond acceptors (Lipinski definition) is 7. The number of hydrogen-bond donors (Lipinski definition) is 1. The number of rotatable bonds is 7. The smallest absolute Gasteiger partial charge is 0.432 e. The molecule has 1 aliphatic rings. The van der Waals surface area contributed by atoms with Crippen LogP contribution in [0.4, 0.5) is 13.2 Å². The highest BCUT2D eigenvalue weighted by molar-refractivity contribution is 5.66. The highest BCUT2D eigenvalue weighted by atomic mass is 19.4. The van der Waals surface area contributed by atoms with Crippen LogP contribution in [-0.4, -0.2) is 37.0 Å². The molecule has 1 saturated carbocycles. The van der Waals surface area contributed by atoms with Crippen molar-refractivity contribution in [2.24, 2.45) is 0 Å². The molecule has 174 valence electrons. The molecule has 1 fully saturated rings. The molecule has 0 saturated heterocycles. The van der Waals surface area contributed by atoms with Crippen LogP contribution in [0.2, 0.25) is 0 Å². The number of imidazole rings is 1. The summed E-state index contributed by atoms with van der Waals surface area (Å²) >= 11 is 0. The van der Waals surface area contributed by atoms with E-state index in [1.807, 2.05) is 0 Å². The van der Waals surface area contributed by atoms with Gasteiger partial charge in [-0.3, -0.25) is 0 Å². The average molecular weight is 468 g/mol. The van der Waals surface area contributed by atoms with Crippen molar-refractivity contribution in [1.82, 2.24) is 29.9 Å². The van der Waals surface area contributed by atoms with Crippen molar-refractivity contribution in [1.29, 1.82) is 0 Å². The number of H-pyrrole nitrogens is 1. The molecule has 0 radical (unpaired) electrons. The van der Waals surface area contributed by atoms with E-state index in [1.54, 1.807) is 43.6 Å². The Morgan fingerprint density at radius 1 is 1.03 bits per heavy atom. The first-order valence-corrected chi connectivity index (χ1v) is 10.5. The lowest BCUT2D eigenvalue weighted by atomic mass is 10.1. The van der Waals surface area contributed by atoms with E-state index in [2.05, 4.69) is 29.9 Å². The van der Waals surface area contributed by atoms with E-state index in [1.165, 1.54) is 6.33 Å². The van der Waals surface area contributed by atoms with Gasteiger partial charge in [-0.15, -0.1) is 0 Å². The van der Waals surface area contributed by atoms with E-state index < -0.39 is 11.9 Å². The molecule has 4 aromatic rings. The summed E-state index contributed by atoms with van der Waals surface area (Å²) in [5, 5.41) is 0. The SMILES string of the molecule is COc1ncnc(C2CC2)c1-c1nccc(OCc2ccc(-c3ncc(C(F)(F)F)[nH]3)cc2)n1. The first kappa shape index (κ1) is 21.8. The molecule has 3 heterocycles. The number of aromatic nitrogens is 6. The van der Waals surface area contributed by atoms with E-state index in [9.17, 15) is 13.2 Å². The Balaban J connectivity index is 1.31. The van der Waals surface area contributed by atoms with E-state index >= 15 is 0 Å². The molecule has 0 spiro atoms. The van der Waals surface area contributed by atoms with Gasteiger partial charge in [0.2, 0.25) is 11.8 Å². The zero-order valence-corrected chi connectivity index (χ0v) is 18.0. The molecule has 5 rings (SSSR count). The van der Waals surface area contributed by atoms with E-state index in [4.69, 9.17) is 9.47 Å². The maximum atomic E-state index is 12.8. The summed E-state index contributed by atoms with van der Waals surface area (Å²) in [6.07, 6.45) is 1.49. The second-order valence-corrected chi connectivity index (χ2v) is 7.76. The lowest BCUT2D eigenvalue weighted by Gasteiger charge is -2.11. The number of aromatic amines is 1. The largest absolute Gasteiger partial charge is 0.480 e. The lowest BCUT2D eigenvalue weighted by Crippen LogP contribution is -2.04. The van der Waals surface area contributed by atoms with Crippen LogP contribution in [0.15, 0.2) is 49.1 Å². The van der Waals surface area contributed by atoms with Crippen molar-refractivity contribution >= 4 is 0 Å². The first-order chi connectivity index (χ1) is 16.4. The first-order valence-electron chi connectivity index (χ1n) is 10.5. The highest BCUT2D eigenvalue weighted by Crippen LogP contribution is 2.44. The van der Waals surface area contributed by atoms with Crippen LogP contribution in [0.3, 0.4) is 0 Å². The van der Waals surface area contributed by atoms with Crippen LogP contribution in [0, 0.1) is 0 Å². The van der Waals surface area contributed by atoms with Gasteiger partial charge >= 0.3 is 6.18 Å². The summed E-state index contributed by atoms with van der Waals surface area (Å²) in [6.45, 7) is 0.209. The van der Waals surface area contributed by atoms with Crippen molar-refractivity contribution < 1.29 is 22.6 Å². The number of ether oxygens (including phenoxy) is 2. The van der Waals surface area contributed by atoms with Gasteiger partial charge in [0.1, 0.15) is 30.0 Å². The third-order valence-electron chi connectivity index (χ3n) is 5.35. The zero-order valence-electron chi connectivity index (χ0n) is 18.0. The molecule has 11 heteroatoms. The van der Waals surface area contributed by atoms with Gasteiger partial charge in [0.05, 0.1) is 19.0 Å². The third kappa shape index (κ3) is 4.54. The number of halogens is 3. The van der Waals surface area contributed by atoms with Crippen molar-refractivity contribution in [3.63, 3.8) is 0 Å². The van der Waals surface area contributed by atoms with Crippen LogP contribution in [0.25, 0.3) is 22.8 Å². The number of methoxy groups -OCH3 is 1. The molecule has 0 atom stereocenters. The maximum absolute atomic E-state index is 12.8. The fraction of sp³-hybridized carbons (Fsp3) is 0.261. The van der Waals surface area contributed by atoms with E-state index in [0.717, 1.165) is 30.3 Å². The molecule has 8 nitrogen and oxygen atoms in total. The molecule has 1 aliphatic carbocycles. The van der Waals surface area contributed by atoms with E-state index in [0.29, 0.717) is 34.6 Å². The Hall–Kier alpha value is -4.02. The average Bonchev–Trinajstić information content (AvgIpc) is 3.57. The molecular weight excluding hydrogens is 449 g/mol. The van der Waals surface area contributed by atoms with Gasteiger partial charge in [0, 0.05) is 23.7 Å². The Kier molecular flexibility index (Phi) is 5.60. The minimum Gasteiger partial charge on any atom is -0.480 e. The number of nitrogens with zero attached hydrogens (tertiary/aromatic N) is 5. The fourth-order valence-corrected chi connectivity index (χ4v) is 3.48. The van der Waals surface area contributed by atoms with Crippen LogP contribution >= 0.6 is 0 Å². The predicted molar refractivity (Wildman–Crippen MR) is 115 cm³/mol. The van der Waals surface area contributed by atoms with Crippen molar-refractivity contribution in [3.8, 4) is 34.5 Å². The fourth-order valence-electron chi connectivity index (χ4n) is 3.48. The Labute approximate surface area is 192 Å². The van der Waals surface area contributed by atoms with Gasteiger partial charge in [-0.25, -0.2) is 19.9 Å². The second kappa shape index (κ2) is 8.73. The minimum absolute atomic E-state index is 0.144. The Morgan fingerprint density at radius 3 is 2.50 bits per heavy atom. The molecule has 1 N–H and O–H groups in total. The molecule has 3 aromatic heterocycles. The van der Waals surface area contributed by atoms with Crippen LogP contribution in [0.1, 0.15) is 35.7 Å². The molecule has 34 heavy (non-hydrogen) atoms.